The van der Waals surface area contributed by atoms with Crippen molar-refractivity contribution in [2.75, 3.05) is 5.32 Å². The third-order valence-corrected chi connectivity index (χ3v) is 3.90. The topological polar surface area (TPSA) is 80.0 Å². The van der Waals surface area contributed by atoms with Crippen molar-refractivity contribution < 1.29 is 14.3 Å². The van der Waals surface area contributed by atoms with Gasteiger partial charge in [-0.25, -0.2) is 9.37 Å². The van der Waals surface area contributed by atoms with Crippen LogP contribution in [0.4, 0.5) is 10.2 Å². The summed E-state index contributed by atoms with van der Waals surface area (Å²) in [6, 6.07) is 9.67. The predicted molar refractivity (Wildman–Crippen MR) is 96.8 cm³/mol. The Morgan fingerprint density at radius 3 is 2.65 bits per heavy atom. The van der Waals surface area contributed by atoms with Crippen LogP contribution < -0.4 is 5.32 Å². The highest BCUT2D eigenvalue weighted by atomic mass is 19.1. The Balaban J connectivity index is 2.02. The van der Waals surface area contributed by atoms with Gasteiger partial charge in [0.1, 0.15) is 23.4 Å². The van der Waals surface area contributed by atoms with Gasteiger partial charge in [-0.2, -0.15) is 5.10 Å². The van der Waals surface area contributed by atoms with Crippen LogP contribution in [0.1, 0.15) is 13.8 Å². The maximum Gasteiger partial charge on any atom is 0.254 e. The molecule has 0 fully saturated rings. The minimum Gasteiger partial charge on any atom is -0.384 e. The summed E-state index contributed by atoms with van der Waals surface area (Å²) in [6.45, 7) is 4.05. The smallest absolute Gasteiger partial charge is 0.254 e. The molecule has 0 unspecified atom stereocenters. The van der Waals surface area contributed by atoms with E-state index in [2.05, 4.69) is 15.4 Å². The normalized spacial score (nSPS) is 12.0. The third-order valence-electron chi connectivity index (χ3n) is 3.90. The molecule has 3 rings (SSSR count). The summed E-state index contributed by atoms with van der Waals surface area (Å²) in [5.41, 5.74) is 3.15. The lowest BCUT2D eigenvalue weighted by Crippen LogP contribution is -2.24. The van der Waals surface area contributed by atoms with E-state index in [0.29, 0.717) is 18.1 Å². The summed E-state index contributed by atoms with van der Waals surface area (Å²) >= 11 is 0. The quantitative estimate of drug-likeness (QED) is 0.738. The van der Waals surface area contributed by atoms with E-state index in [0.717, 1.165) is 16.7 Å². The molecule has 0 radical (unpaired) electrons. The fourth-order valence-corrected chi connectivity index (χ4v) is 2.51. The van der Waals surface area contributed by atoms with Crippen molar-refractivity contribution in [2.45, 2.75) is 26.5 Å². The fraction of sp³-hybridized carbons (Fsp3) is 0.211. The number of anilines is 1. The van der Waals surface area contributed by atoms with E-state index in [1.807, 2.05) is 19.2 Å². The van der Waals surface area contributed by atoms with Crippen molar-refractivity contribution in [3.63, 3.8) is 0 Å². The number of aliphatic hydroxyl groups is 1. The van der Waals surface area contributed by atoms with E-state index in [4.69, 9.17) is 0 Å². The van der Waals surface area contributed by atoms with E-state index in [1.165, 1.54) is 19.1 Å². The highest BCUT2D eigenvalue weighted by Gasteiger charge is 2.15. The monoisotopic (exact) mass is 354 g/mol. The maximum absolute atomic E-state index is 13.2. The standard InChI is InChI=1S/C19H19FN4O2/c1-3-24-11-16(18(23-24)13-4-6-15(20)7-5-13)14-8-9-21-17(10-14)22-19(26)12(2)25/h4-12,25H,3H2,1-2H3,(H,21,22,26)/t12-/m0/s1. The molecule has 0 aliphatic heterocycles. The Morgan fingerprint density at radius 1 is 1.27 bits per heavy atom. The summed E-state index contributed by atoms with van der Waals surface area (Å²) in [7, 11) is 0. The number of rotatable bonds is 5. The molecule has 0 saturated heterocycles. The third kappa shape index (κ3) is 3.78. The van der Waals surface area contributed by atoms with Crippen molar-refractivity contribution >= 4 is 11.7 Å². The molecule has 1 atom stereocenters. The van der Waals surface area contributed by atoms with Gasteiger partial charge >= 0.3 is 0 Å². The molecule has 0 bridgehead atoms. The number of benzene rings is 1. The Morgan fingerprint density at radius 2 is 2.00 bits per heavy atom. The second-order valence-electron chi connectivity index (χ2n) is 5.85. The molecule has 2 N–H and O–H groups in total. The van der Waals surface area contributed by atoms with Gasteiger partial charge in [-0.3, -0.25) is 9.48 Å². The molecule has 6 nitrogen and oxygen atoms in total. The van der Waals surface area contributed by atoms with Crippen LogP contribution in [0.2, 0.25) is 0 Å². The van der Waals surface area contributed by atoms with Crippen LogP contribution in [0.5, 0.6) is 0 Å². The van der Waals surface area contributed by atoms with Crippen molar-refractivity contribution in [2.24, 2.45) is 0 Å². The molecule has 0 aliphatic rings. The van der Waals surface area contributed by atoms with Crippen LogP contribution >= 0.6 is 0 Å². The average molecular weight is 354 g/mol. The largest absolute Gasteiger partial charge is 0.384 e. The second kappa shape index (κ2) is 7.45. The molecule has 134 valence electrons. The molecule has 0 spiro atoms. The zero-order valence-electron chi connectivity index (χ0n) is 14.5. The van der Waals surface area contributed by atoms with Gasteiger partial charge < -0.3 is 10.4 Å². The molecule has 7 heteroatoms. The van der Waals surface area contributed by atoms with Gasteiger partial charge in [-0.1, -0.05) is 0 Å². The molecular formula is C19H19FN4O2. The van der Waals surface area contributed by atoms with Crippen LogP contribution in [0.25, 0.3) is 22.4 Å². The number of halogens is 1. The molecule has 26 heavy (non-hydrogen) atoms. The van der Waals surface area contributed by atoms with Crippen LogP contribution in [0.15, 0.2) is 48.8 Å². The Hall–Kier alpha value is -3.06. The Kier molecular flexibility index (Phi) is 5.09. The number of aryl methyl sites for hydroxylation is 1. The molecular weight excluding hydrogens is 335 g/mol. The van der Waals surface area contributed by atoms with Crippen molar-refractivity contribution in [1.82, 2.24) is 14.8 Å². The van der Waals surface area contributed by atoms with Gasteiger partial charge in [0.05, 0.1) is 0 Å². The van der Waals surface area contributed by atoms with Crippen LogP contribution in [-0.2, 0) is 11.3 Å². The second-order valence-corrected chi connectivity index (χ2v) is 5.85. The number of nitrogens with one attached hydrogen (secondary N) is 1. The first kappa shape index (κ1) is 17.8. The summed E-state index contributed by atoms with van der Waals surface area (Å²) in [4.78, 5) is 15.8. The van der Waals surface area contributed by atoms with E-state index in [1.54, 1.807) is 29.1 Å². The molecule has 2 aromatic heterocycles. The lowest BCUT2D eigenvalue weighted by molar-refractivity contribution is -0.123. The number of hydrogen-bond acceptors (Lipinski definition) is 4. The maximum atomic E-state index is 13.2. The van der Waals surface area contributed by atoms with Gasteiger partial charge in [-0.05, 0) is 55.8 Å². The highest BCUT2D eigenvalue weighted by molar-refractivity contribution is 5.93. The average Bonchev–Trinajstić information content (AvgIpc) is 3.07. The number of carbonyl (C=O) groups excluding carboxylic acids is 1. The van der Waals surface area contributed by atoms with Crippen LogP contribution in [0, 0.1) is 5.82 Å². The highest BCUT2D eigenvalue weighted by Crippen LogP contribution is 2.32. The molecule has 1 aromatic carbocycles. The van der Waals surface area contributed by atoms with Gasteiger partial charge in [0.15, 0.2) is 0 Å². The van der Waals surface area contributed by atoms with E-state index in [-0.39, 0.29) is 5.82 Å². The zero-order chi connectivity index (χ0) is 18.7. The summed E-state index contributed by atoms with van der Waals surface area (Å²) < 4.78 is 15.0. The number of aliphatic hydroxyl groups excluding tert-OH is 1. The number of nitrogens with zero attached hydrogens (tertiary/aromatic N) is 3. The molecule has 1 amide bonds. The lowest BCUT2D eigenvalue weighted by atomic mass is 10.0. The van der Waals surface area contributed by atoms with Gasteiger partial charge in [0.2, 0.25) is 0 Å². The number of carbonyl (C=O) groups is 1. The number of amides is 1. The van der Waals surface area contributed by atoms with Crippen molar-refractivity contribution in [3.05, 3.63) is 54.6 Å². The fourth-order valence-electron chi connectivity index (χ4n) is 2.51. The SMILES string of the molecule is CCn1cc(-c2ccnc(NC(=O)[C@H](C)O)c2)c(-c2ccc(F)cc2)n1. The van der Waals surface area contributed by atoms with Crippen LogP contribution in [-0.4, -0.2) is 31.9 Å². The summed E-state index contributed by atoms with van der Waals surface area (Å²) in [6.07, 6.45) is 2.34. The van der Waals surface area contributed by atoms with Crippen molar-refractivity contribution in [3.8, 4) is 22.4 Å². The van der Waals surface area contributed by atoms with E-state index in [9.17, 15) is 14.3 Å². The molecule has 2 heterocycles. The molecule has 0 saturated carbocycles. The van der Waals surface area contributed by atoms with E-state index >= 15 is 0 Å². The Bertz CT molecular complexity index is 920. The van der Waals surface area contributed by atoms with Gasteiger partial charge in [0, 0.05) is 30.1 Å². The first-order valence-electron chi connectivity index (χ1n) is 8.26. The summed E-state index contributed by atoms with van der Waals surface area (Å²) in [5.74, 6) is -0.502. The first-order valence-corrected chi connectivity index (χ1v) is 8.26. The zero-order valence-corrected chi connectivity index (χ0v) is 14.5. The minimum absolute atomic E-state index is 0.308. The summed E-state index contributed by atoms with van der Waals surface area (Å²) in [5, 5.41) is 16.5. The number of aromatic nitrogens is 3. The lowest BCUT2D eigenvalue weighted by Gasteiger charge is -2.08. The first-order chi connectivity index (χ1) is 12.5. The van der Waals surface area contributed by atoms with Gasteiger partial charge in [-0.15, -0.1) is 0 Å². The Labute approximate surface area is 150 Å². The molecule has 0 aliphatic carbocycles. The van der Waals surface area contributed by atoms with Gasteiger partial charge in [0.25, 0.3) is 5.91 Å². The predicted octanol–water partition coefficient (Wildman–Crippen LogP) is 3.09. The number of hydrogen-bond donors (Lipinski definition) is 2. The number of pyridine rings is 1. The van der Waals surface area contributed by atoms with Crippen LogP contribution in [0.3, 0.4) is 0 Å². The minimum atomic E-state index is -1.13. The molecule has 3 aromatic rings. The van der Waals surface area contributed by atoms with E-state index < -0.39 is 12.0 Å². The van der Waals surface area contributed by atoms with Crippen molar-refractivity contribution in [1.29, 1.82) is 0 Å².